The van der Waals surface area contributed by atoms with Crippen LogP contribution in [0.15, 0.2) is 24.3 Å². The van der Waals surface area contributed by atoms with Gasteiger partial charge in [0.25, 0.3) is 0 Å². The second-order valence-electron chi connectivity index (χ2n) is 2.94. The molecule has 62 valence electrons. The molecule has 0 bridgehead atoms. The monoisotopic (exact) mass is 162 g/mol. The molecule has 0 aromatic heterocycles. The van der Waals surface area contributed by atoms with Crippen molar-refractivity contribution in [2.45, 2.75) is 12.8 Å². The summed E-state index contributed by atoms with van der Waals surface area (Å²) in [5.74, 6) is 1.05. The van der Waals surface area contributed by atoms with Crippen molar-refractivity contribution in [1.29, 1.82) is 0 Å². The molecule has 12 heavy (non-hydrogen) atoms. The molecule has 0 atom stereocenters. The number of benzene rings is 1. The number of rotatable bonds is 0. The zero-order valence-corrected chi connectivity index (χ0v) is 6.75. The van der Waals surface area contributed by atoms with Gasteiger partial charge in [-0.15, -0.1) is 0 Å². The maximum atomic E-state index is 11.0. The summed E-state index contributed by atoms with van der Waals surface area (Å²) in [7, 11) is 0. The molecule has 1 aromatic carbocycles. The Morgan fingerprint density at radius 1 is 1.17 bits per heavy atom. The second-order valence-corrected chi connectivity index (χ2v) is 2.94. The number of fused-ring (bicyclic) bond motifs is 1. The van der Waals surface area contributed by atoms with E-state index < -0.39 is 0 Å². The zero-order valence-electron chi connectivity index (χ0n) is 6.75. The van der Waals surface area contributed by atoms with E-state index in [4.69, 9.17) is 4.74 Å². The van der Waals surface area contributed by atoms with Gasteiger partial charge in [-0.1, -0.05) is 18.2 Å². The summed E-state index contributed by atoms with van der Waals surface area (Å²) in [5.41, 5.74) is 1.14. The highest BCUT2D eigenvalue weighted by Crippen LogP contribution is 2.21. The lowest BCUT2D eigenvalue weighted by atomic mass is 10.1. The highest BCUT2D eigenvalue weighted by molar-refractivity contribution is 5.80. The largest absolute Gasteiger partial charge is 0.486 e. The van der Waals surface area contributed by atoms with Gasteiger partial charge in [0.2, 0.25) is 0 Å². The summed E-state index contributed by atoms with van der Waals surface area (Å²) in [6, 6.07) is 7.81. The van der Waals surface area contributed by atoms with Crippen LogP contribution < -0.4 is 4.74 Å². The van der Waals surface area contributed by atoms with Crippen molar-refractivity contribution in [1.82, 2.24) is 0 Å². The Hall–Kier alpha value is -1.31. The quantitative estimate of drug-likeness (QED) is 0.579. The van der Waals surface area contributed by atoms with Gasteiger partial charge in [0.15, 0.2) is 5.78 Å². The third kappa shape index (κ3) is 1.33. The SMILES string of the molecule is O=C1CCc2ccccc2OC1. The fourth-order valence-corrected chi connectivity index (χ4v) is 1.36. The Morgan fingerprint density at radius 3 is 2.92 bits per heavy atom. The lowest BCUT2D eigenvalue weighted by Gasteiger charge is -2.03. The smallest absolute Gasteiger partial charge is 0.170 e. The van der Waals surface area contributed by atoms with Crippen LogP contribution in [0.3, 0.4) is 0 Å². The Kier molecular flexibility index (Phi) is 1.82. The number of ketones is 1. The maximum absolute atomic E-state index is 11.0. The number of Topliss-reactive ketones (excluding diaryl/α,β-unsaturated/α-hetero) is 1. The minimum atomic E-state index is 0.186. The van der Waals surface area contributed by atoms with Gasteiger partial charge >= 0.3 is 0 Å². The molecule has 1 aliphatic rings. The molecule has 0 fully saturated rings. The van der Waals surface area contributed by atoms with E-state index >= 15 is 0 Å². The van der Waals surface area contributed by atoms with Gasteiger partial charge in [-0.05, 0) is 18.1 Å². The van der Waals surface area contributed by atoms with Gasteiger partial charge in [-0.25, -0.2) is 0 Å². The standard InChI is InChI=1S/C10H10O2/c11-9-6-5-8-3-1-2-4-10(8)12-7-9/h1-4H,5-7H2. The average molecular weight is 162 g/mol. The first kappa shape index (κ1) is 7.35. The summed E-state index contributed by atoms with van der Waals surface area (Å²) < 4.78 is 5.31. The third-order valence-electron chi connectivity index (χ3n) is 2.03. The van der Waals surface area contributed by atoms with Crippen molar-refractivity contribution in [2.24, 2.45) is 0 Å². The summed E-state index contributed by atoms with van der Waals surface area (Å²) in [4.78, 5) is 11.0. The van der Waals surface area contributed by atoms with Gasteiger partial charge in [0, 0.05) is 6.42 Å². The minimum absolute atomic E-state index is 0.186. The van der Waals surface area contributed by atoms with Crippen LogP contribution in [0.2, 0.25) is 0 Å². The number of carbonyl (C=O) groups excluding carboxylic acids is 1. The van der Waals surface area contributed by atoms with E-state index in [0.29, 0.717) is 6.42 Å². The normalized spacial score (nSPS) is 16.2. The fourth-order valence-electron chi connectivity index (χ4n) is 1.36. The first-order chi connectivity index (χ1) is 5.86. The molecule has 0 unspecified atom stereocenters. The molecule has 2 heteroatoms. The minimum Gasteiger partial charge on any atom is -0.486 e. The van der Waals surface area contributed by atoms with E-state index in [2.05, 4.69) is 0 Å². The highest BCUT2D eigenvalue weighted by Gasteiger charge is 2.12. The third-order valence-corrected chi connectivity index (χ3v) is 2.03. The van der Waals surface area contributed by atoms with Crippen LogP contribution in [0.1, 0.15) is 12.0 Å². The Balaban J connectivity index is 2.32. The first-order valence-electron chi connectivity index (χ1n) is 4.08. The molecule has 0 amide bonds. The molecule has 0 saturated carbocycles. The molecule has 2 rings (SSSR count). The molecule has 0 N–H and O–H groups in total. The van der Waals surface area contributed by atoms with Crippen LogP contribution in [0, 0.1) is 0 Å². The van der Waals surface area contributed by atoms with Crippen molar-refractivity contribution in [3.8, 4) is 5.75 Å². The van der Waals surface area contributed by atoms with Crippen molar-refractivity contribution in [2.75, 3.05) is 6.61 Å². The van der Waals surface area contributed by atoms with Crippen molar-refractivity contribution >= 4 is 5.78 Å². The van der Waals surface area contributed by atoms with E-state index in [9.17, 15) is 4.79 Å². The van der Waals surface area contributed by atoms with E-state index in [1.165, 1.54) is 0 Å². The van der Waals surface area contributed by atoms with Gasteiger partial charge < -0.3 is 4.74 Å². The summed E-state index contributed by atoms with van der Waals surface area (Å²) >= 11 is 0. The van der Waals surface area contributed by atoms with E-state index in [1.54, 1.807) is 0 Å². The van der Waals surface area contributed by atoms with Crippen molar-refractivity contribution in [3.63, 3.8) is 0 Å². The Morgan fingerprint density at radius 2 is 2.00 bits per heavy atom. The molecule has 0 saturated heterocycles. The molecule has 0 spiro atoms. The number of aryl methyl sites for hydroxylation is 1. The molecule has 2 nitrogen and oxygen atoms in total. The average Bonchev–Trinajstić information content (AvgIpc) is 2.29. The van der Waals surface area contributed by atoms with E-state index in [1.807, 2.05) is 24.3 Å². The highest BCUT2D eigenvalue weighted by atomic mass is 16.5. The van der Waals surface area contributed by atoms with Crippen molar-refractivity contribution < 1.29 is 9.53 Å². The first-order valence-corrected chi connectivity index (χ1v) is 4.08. The number of para-hydroxylation sites is 1. The lowest BCUT2D eigenvalue weighted by molar-refractivity contribution is -0.120. The number of ether oxygens (including phenoxy) is 1. The summed E-state index contributed by atoms with van der Waals surface area (Å²) in [6.07, 6.45) is 1.42. The number of hydrogen-bond acceptors (Lipinski definition) is 2. The van der Waals surface area contributed by atoms with Crippen LogP contribution in [0.25, 0.3) is 0 Å². The van der Waals surface area contributed by atoms with E-state index in [-0.39, 0.29) is 12.4 Å². The summed E-state index contributed by atoms with van der Waals surface area (Å²) in [5, 5.41) is 0. The van der Waals surface area contributed by atoms with Gasteiger partial charge in [-0.3, -0.25) is 4.79 Å². The molecule has 1 aromatic rings. The van der Waals surface area contributed by atoms with Crippen LogP contribution in [-0.4, -0.2) is 12.4 Å². The molecule has 1 heterocycles. The molecule has 0 aliphatic carbocycles. The maximum Gasteiger partial charge on any atom is 0.170 e. The number of hydrogen-bond donors (Lipinski definition) is 0. The van der Waals surface area contributed by atoms with Gasteiger partial charge in [-0.2, -0.15) is 0 Å². The van der Waals surface area contributed by atoms with E-state index in [0.717, 1.165) is 17.7 Å². The van der Waals surface area contributed by atoms with Crippen molar-refractivity contribution in [3.05, 3.63) is 29.8 Å². The zero-order chi connectivity index (χ0) is 8.39. The van der Waals surface area contributed by atoms with Crippen LogP contribution >= 0.6 is 0 Å². The molecular weight excluding hydrogens is 152 g/mol. The molecule has 1 aliphatic heterocycles. The van der Waals surface area contributed by atoms with Crippen LogP contribution in [-0.2, 0) is 11.2 Å². The Labute approximate surface area is 71.2 Å². The van der Waals surface area contributed by atoms with Gasteiger partial charge in [0.05, 0.1) is 0 Å². The lowest BCUT2D eigenvalue weighted by Crippen LogP contribution is -2.07. The molecule has 0 radical (unpaired) electrons. The fraction of sp³-hybridized carbons (Fsp3) is 0.300. The van der Waals surface area contributed by atoms with Gasteiger partial charge in [0.1, 0.15) is 12.4 Å². The summed E-state index contributed by atoms with van der Waals surface area (Å²) in [6.45, 7) is 0.233. The van der Waals surface area contributed by atoms with Crippen LogP contribution in [0.4, 0.5) is 0 Å². The number of carbonyl (C=O) groups is 1. The Bertz CT molecular complexity index is 275. The second kappa shape index (κ2) is 2.97. The van der Waals surface area contributed by atoms with Crippen LogP contribution in [0.5, 0.6) is 5.75 Å². The topological polar surface area (TPSA) is 26.3 Å². The molecular formula is C10H10O2. The predicted molar refractivity (Wildman–Crippen MR) is 45.3 cm³/mol. The predicted octanol–water partition coefficient (Wildman–Crippen LogP) is 1.58.